The maximum Gasteiger partial charge on any atom is 0.252 e. The fourth-order valence-corrected chi connectivity index (χ4v) is 7.81. The average molecular weight is 637 g/mol. The molecule has 2 bridgehead atoms. The van der Waals surface area contributed by atoms with E-state index in [1.807, 2.05) is 39.1 Å². The summed E-state index contributed by atoms with van der Waals surface area (Å²) in [6.07, 6.45) is 22.4. The second-order valence-electron chi connectivity index (χ2n) is 12.1. The molecule has 4 aromatic carbocycles. The molecule has 0 radical (unpaired) electrons. The van der Waals surface area contributed by atoms with Crippen LogP contribution < -0.4 is 10.6 Å². The van der Waals surface area contributed by atoms with E-state index in [0.29, 0.717) is 12.6 Å². The summed E-state index contributed by atoms with van der Waals surface area (Å²) >= 11 is 0. The van der Waals surface area contributed by atoms with Gasteiger partial charge in [-0.15, -0.1) is 25.7 Å². The van der Waals surface area contributed by atoms with Crippen LogP contribution in [0.15, 0.2) is 91.6 Å². The second-order valence-corrected chi connectivity index (χ2v) is 12.1. The zero-order chi connectivity index (χ0) is 35.0. The van der Waals surface area contributed by atoms with Crippen LogP contribution in [-0.2, 0) is 12.1 Å². The minimum absolute atomic E-state index is 0.0788. The Labute approximate surface area is 286 Å². The first-order valence-corrected chi connectivity index (χ1v) is 16.7. The highest BCUT2D eigenvalue weighted by atomic mass is 16.1. The molecule has 1 amide bonds. The van der Waals surface area contributed by atoms with Gasteiger partial charge >= 0.3 is 0 Å². The van der Waals surface area contributed by atoms with E-state index in [1.54, 1.807) is 6.20 Å². The molecule has 48 heavy (non-hydrogen) atoms. The molecule has 1 saturated carbocycles. The van der Waals surface area contributed by atoms with Crippen LogP contribution in [0.5, 0.6) is 0 Å². The highest BCUT2D eigenvalue weighted by molar-refractivity contribution is 6.31. The fraction of sp³-hybridized carbons (Fsp3) is 0.279. The van der Waals surface area contributed by atoms with Crippen LogP contribution in [0.3, 0.4) is 0 Å². The van der Waals surface area contributed by atoms with Crippen molar-refractivity contribution in [1.29, 1.82) is 0 Å². The van der Waals surface area contributed by atoms with Gasteiger partial charge in [-0.3, -0.25) is 4.79 Å². The van der Waals surface area contributed by atoms with Gasteiger partial charge < -0.3 is 19.8 Å². The molecule has 246 valence electrons. The van der Waals surface area contributed by atoms with E-state index in [1.165, 1.54) is 68.6 Å². The first-order valence-electron chi connectivity index (χ1n) is 16.7. The van der Waals surface area contributed by atoms with E-state index >= 15 is 0 Å². The van der Waals surface area contributed by atoms with Gasteiger partial charge in [0.05, 0.1) is 16.6 Å². The number of fused-ring (bicyclic) bond motifs is 13. The zero-order valence-corrected chi connectivity index (χ0v) is 29.0. The quantitative estimate of drug-likeness (QED) is 0.177. The summed E-state index contributed by atoms with van der Waals surface area (Å²) in [5.74, 6) is 0.0788. The van der Waals surface area contributed by atoms with Gasteiger partial charge in [0.25, 0.3) is 5.91 Å². The normalized spacial score (nSPS) is 17.7. The molecule has 5 nitrogen and oxygen atoms in total. The van der Waals surface area contributed by atoms with Crippen molar-refractivity contribution in [2.24, 2.45) is 0 Å². The summed E-state index contributed by atoms with van der Waals surface area (Å²) in [7, 11) is 1.81. The lowest BCUT2D eigenvalue weighted by Gasteiger charge is -2.39. The van der Waals surface area contributed by atoms with Gasteiger partial charge in [0.1, 0.15) is 0 Å². The molecule has 2 atom stereocenters. The van der Waals surface area contributed by atoms with Crippen LogP contribution in [0, 0.1) is 32.6 Å². The summed E-state index contributed by atoms with van der Waals surface area (Å²) < 4.78 is 5.27. The average Bonchev–Trinajstić information content (AvgIpc) is 3.80. The van der Waals surface area contributed by atoms with Gasteiger partial charge in [-0.2, -0.15) is 0 Å². The summed E-state index contributed by atoms with van der Waals surface area (Å²) in [6, 6.07) is 28.3. The Kier molecular flexibility index (Phi) is 11.4. The number of nitrogens with one attached hydrogen (secondary N) is 2. The van der Waals surface area contributed by atoms with E-state index in [4.69, 9.17) is 0 Å². The predicted molar refractivity (Wildman–Crippen MR) is 206 cm³/mol. The Morgan fingerprint density at radius 3 is 2.02 bits per heavy atom. The lowest BCUT2D eigenvalue weighted by atomic mass is 9.80. The molecule has 4 heterocycles. The number of amides is 1. The number of aromatic nitrogens is 2. The molecule has 3 aliphatic rings. The van der Waals surface area contributed by atoms with Crippen molar-refractivity contribution in [1.82, 2.24) is 19.8 Å². The first kappa shape index (κ1) is 35.5. The van der Waals surface area contributed by atoms with Crippen LogP contribution in [0.25, 0.3) is 43.6 Å². The molecule has 0 spiro atoms. The molecule has 0 saturated heterocycles. The van der Waals surface area contributed by atoms with Crippen molar-refractivity contribution in [3.05, 3.63) is 108 Å². The number of aryl methyl sites for hydroxylation is 1. The third-order valence-corrected chi connectivity index (χ3v) is 9.49. The number of rotatable bonds is 1. The Bertz CT molecular complexity index is 2090. The molecule has 9 rings (SSSR count). The van der Waals surface area contributed by atoms with E-state index in [-0.39, 0.29) is 11.4 Å². The molecule has 2 N–H and O–H groups in total. The summed E-state index contributed by atoms with van der Waals surface area (Å²) in [4.78, 5) is 13.2. The second kappa shape index (κ2) is 15.5. The van der Waals surface area contributed by atoms with E-state index in [0.717, 1.165) is 17.4 Å². The molecule has 1 unspecified atom stereocenters. The highest BCUT2D eigenvalue weighted by Crippen LogP contribution is 2.54. The Morgan fingerprint density at radius 1 is 0.875 bits per heavy atom. The predicted octanol–water partition coefficient (Wildman–Crippen LogP) is 9.86. The van der Waals surface area contributed by atoms with Gasteiger partial charge in [0.15, 0.2) is 0 Å². The maximum atomic E-state index is 13.2. The highest BCUT2D eigenvalue weighted by Gasteiger charge is 2.43. The van der Waals surface area contributed by atoms with Crippen LogP contribution >= 0.6 is 0 Å². The minimum atomic E-state index is 0.0788. The lowest BCUT2D eigenvalue weighted by Crippen LogP contribution is -2.35. The first-order chi connectivity index (χ1) is 23.5. The van der Waals surface area contributed by atoms with Crippen molar-refractivity contribution in [2.75, 3.05) is 7.05 Å². The van der Waals surface area contributed by atoms with Crippen molar-refractivity contribution in [3.8, 4) is 25.7 Å². The number of hydrogen-bond acceptors (Lipinski definition) is 2. The zero-order valence-electron chi connectivity index (χ0n) is 29.0. The largest absolute Gasteiger partial charge is 0.394 e. The standard InChI is InChI=1S/C27H23N3O.C7H8.C3H7N.C2H6.2C2H2/c1-27-12-6-7-15(13-27)29-19-10-4-2-8-16(19)22-23-18(14-28-26(23)31)21-17-9-3-5-11-20(17)30(27)25(21)24(22)29;1-7-5-3-2-4-6-7;1-3-4-2;3*1-2/h2-5,8-11,15H,6-7,12-14H2,1H3,(H,28,31);2-6H,1H3;3-4H,1H2,2H3;1-2H3;2*1-2H/t15?,27-;;;;;/m1...../s1. The number of carbonyl (C=O) groups is 1. The molecule has 2 aromatic heterocycles. The molecular weight excluding hydrogens is 589 g/mol. The van der Waals surface area contributed by atoms with E-state index < -0.39 is 0 Å². The Hall–Kier alpha value is -5.39. The summed E-state index contributed by atoms with van der Waals surface area (Å²) in [6.45, 7) is 12.5. The number of carbonyl (C=O) groups excluding carboxylic acids is 1. The van der Waals surface area contributed by atoms with Crippen molar-refractivity contribution < 1.29 is 4.79 Å². The van der Waals surface area contributed by atoms with Gasteiger partial charge in [-0.05, 0) is 63.4 Å². The van der Waals surface area contributed by atoms with Crippen LogP contribution in [-0.4, -0.2) is 22.1 Å². The minimum Gasteiger partial charge on any atom is -0.394 e. The van der Waals surface area contributed by atoms with Crippen LogP contribution in [0.4, 0.5) is 0 Å². The Morgan fingerprint density at radius 2 is 1.44 bits per heavy atom. The number of terminal acetylenes is 2. The topological polar surface area (TPSA) is 51.0 Å². The smallest absolute Gasteiger partial charge is 0.252 e. The van der Waals surface area contributed by atoms with E-state index in [9.17, 15) is 4.79 Å². The summed E-state index contributed by atoms with van der Waals surface area (Å²) in [5.41, 5.74) is 8.71. The SMILES string of the molecule is C#C.C#C.C=CNC.CC.C[C@@]12CCCC(C1)n1c3ccccc3c3c4c(c5c6ccccc6n2c5c31)CNC4=O.Cc1ccccc1. The number of para-hydroxylation sites is 2. The van der Waals surface area contributed by atoms with Gasteiger partial charge in [0.2, 0.25) is 0 Å². The molecule has 1 fully saturated rings. The van der Waals surface area contributed by atoms with Gasteiger partial charge in [-0.25, -0.2) is 0 Å². The van der Waals surface area contributed by atoms with Gasteiger partial charge in [-0.1, -0.05) is 92.7 Å². The number of nitrogens with zero attached hydrogens (tertiary/aromatic N) is 2. The lowest BCUT2D eigenvalue weighted by molar-refractivity contribution is 0.0967. The maximum absolute atomic E-state index is 13.2. The Balaban J connectivity index is 0.000000259. The van der Waals surface area contributed by atoms with Crippen LogP contribution in [0.2, 0.25) is 0 Å². The third kappa shape index (κ3) is 5.82. The van der Waals surface area contributed by atoms with E-state index in [2.05, 4.69) is 127 Å². The van der Waals surface area contributed by atoms with Crippen molar-refractivity contribution >= 4 is 49.5 Å². The molecule has 1 aliphatic carbocycles. The number of hydrogen-bond donors (Lipinski definition) is 2. The molecule has 2 aliphatic heterocycles. The van der Waals surface area contributed by atoms with Gasteiger partial charge in [0, 0.05) is 57.8 Å². The third-order valence-electron chi connectivity index (χ3n) is 9.49. The molecule has 6 aromatic rings. The van der Waals surface area contributed by atoms with Crippen molar-refractivity contribution in [2.45, 2.75) is 71.5 Å². The summed E-state index contributed by atoms with van der Waals surface area (Å²) in [5, 5.41) is 10.8. The number of benzene rings is 4. The van der Waals surface area contributed by atoms with Crippen LogP contribution in [0.1, 0.15) is 74.0 Å². The molecule has 5 heteroatoms. The monoisotopic (exact) mass is 636 g/mol. The van der Waals surface area contributed by atoms with Crippen molar-refractivity contribution in [3.63, 3.8) is 0 Å². The fourth-order valence-electron chi connectivity index (χ4n) is 7.81. The molecular formula is C43H48N4O.